The third kappa shape index (κ3) is 3.80. The van der Waals surface area contributed by atoms with Crippen molar-refractivity contribution in [2.75, 3.05) is 16.8 Å². The third-order valence-corrected chi connectivity index (χ3v) is 4.43. The summed E-state index contributed by atoms with van der Waals surface area (Å²) in [7, 11) is 0. The van der Waals surface area contributed by atoms with E-state index in [0.29, 0.717) is 29.2 Å². The molecule has 1 heterocycles. The van der Waals surface area contributed by atoms with Crippen molar-refractivity contribution in [3.8, 4) is 5.75 Å². The smallest absolute Gasteiger partial charge is 0.268 e. The zero-order chi connectivity index (χ0) is 18.8. The van der Waals surface area contributed by atoms with E-state index in [4.69, 9.17) is 4.74 Å². The number of anilines is 2. The fraction of sp³-hybridized carbons (Fsp3) is 0.200. The number of ether oxygens (including phenoxy) is 1. The number of fused-ring (bicyclic) bond motifs is 1. The van der Waals surface area contributed by atoms with E-state index in [-0.39, 0.29) is 11.8 Å². The van der Waals surface area contributed by atoms with Gasteiger partial charge in [0.15, 0.2) is 6.10 Å². The number of halogens is 1. The van der Waals surface area contributed by atoms with Gasteiger partial charge in [-0.15, -0.1) is 0 Å². The third-order valence-electron chi connectivity index (χ3n) is 3.94. The summed E-state index contributed by atoms with van der Waals surface area (Å²) in [5, 5.41) is 2.86. The molecule has 1 aliphatic heterocycles. The number of carbonyl (C=O) groups is 2. The zero-order valence-electron chi connectivity index (χ0n) is 14.6. The molecular weight excluding hydrogens is 396 g/mol. The first-order valence-corrected chi connectivity index (χ1v) is 8.98. The molecule has 2 aromatic rings. The van der Waals surface area contributed by atoms with Crippen molar-refractivity contribution < 1.29 is 14.3 Å². The minimum atomic E-state index is -0.585. The highest BCUT2D eigenvalue weighted by molar-refractivity contribution is 9.10. The minimum absolute atomic E-state index is 0.105. The maximum absolute atomic E-state index is 12.4. The first-order chi connectivity index (χ1) is 12.3. The molecule has 2 aromatic carbocycles. The van der Waals surface area contributed by atoms with Crippen molar-refractivity contribution in [1.82, 2.24) is 0 Å². The van der Waals surface area contributed by atoms with Gasteiger partial charge in [0.25, 0.3) is 11.8 Å². The molecule has 5 nitrogen and oxygen atoms in total. The van der Waals surface area contributed by atoms with Crippen LogP contribution >= 0.6 is 15.9 Å². The number of nitrogens with one attached hydrogen (secondary N) is 1. The molecule has 1 unspecified atom stereocenters. The van der Waals surface area contributed by atoms with E-state index in [0.717, 1.165) is 10.0 Å². The van der Waals surface area contributed by atoms with Gasteiger partial charge >= 0.3 is 0 Å². The maximum Gasteiger partial charge on any atom is 0.268 e. The highest BCUT2D eigenvalue weighted by Crippen LogP contribution is 2.36. The quantitative estimate of drug-likeness (QED) is 0.754. The van der Waals surface area contributed by atoms with E-state index in [9.17, 15) is 9.59 Å². The number of hydrogen-bond donors (Lipinski definition) is 1. The number of amides is 2. The summed E-state index contributed by atoms with van der Waals surface area (Å²) < 4.78 is 6.56. The number of carbonyl (C=O) groups excluding carboxylic acids is 2. The highest BCUT2D eigenvalue weighted by Gasteiger charge is 2.31. The van der Waals surface area contributed by atoms with Gasteiger partial charge in [0.2, 0.25) is 0 Å². The van der Waals surface area contributed by atoms with E-state index in [2.05, 4.69) is 27.8 Å². The fourth-order valence-electron chi connectivity index (χ4n) is 2.75. The van der Waals surface area contributed by atoms with E-state index < -0.39 is 6.10 Å². The second kappa shape index (κ2) is 7.33. The van der Waals surface area contributed by atoms with Gasteiger partial charge in [-0.2, -0.15) is 0 Å². The van der Waals surface area contributed by atoms with Crippen LogP contribution in [0.5, 0.6) is 5.75 Å². The van der Waals surface area contributed by atoms with Crippen molar-refractivity contribution >= 4 is 39.1 Å². The Kier molecular flexibility index (Phi) is 5.13. The van der Waals surface area contributed by atoms with E-state index in [1.807, 2.05) is 13.0 Å². The summed E-state index contributed by atoms with van der Waals surface area (Å²) >= 11 is 3.36. The van der Waals surface area contributed by atoms with Crippen molar-refractivity contribution in [1.29, 1.82) is 0 Å². The van der Waals surface area contributed by atoms with Crippen LogP contribution in [-0.2, 0) is 4.79 Å². The first kappa shape index (κ1) is 18.2. The van der Waals surface area contributed by atoms with Crippen LogP contribution in [0.2, 0.25) is 0 Å². The van der Waals surface area contributed by atoms with Gasteiger partial charge in [-0.25, -0.2) is 0 Å². The molecule has 0 aromatic heterocycles. The Balaban J connectivity index is 1.86. The van der Waals surface area contributed by atoms with Crippen LogP contribution in [0.3, 0.4) is 0 Å². The standard InChI is InChI=1S/C20H19BrN2O3/c1-12(2)11-23-17-8-7-16(10-18(17)26-13(3)20(23)25)22-19(24)14-5-4-6-15(21)9-14/h4-10,13H,1,11H2,2-3H3,(H,22,24). The van der Waals surface area contributed by atoms with Gasteiger partial charge in [0, 0.05) is 28.3 Å². The average molecular weight is 415 g/mol. The van der Waals surface area contributed by atoms with Gasteiger partial charge < -0.3 is 15.0 Å². The molecule has 1 aliphatic rings. The Morgan fingerprint density at radius 1 is 1.31 bits per heavy atom. The van der Waals surface area contributed by atoms with Crippen molar-refractivity contribution in [2.45, 2.75) is 20.0 Å². The summed E-state index contributed by atoms with van der Waals surface area (Å²) in [5.41, 5.74) is 2.71. The predicted molar refractivity (Wildman–Crippen MR) is 106 cm³/mol. The lowest BCUT2D eigenvalue weighted by atomic mass is 10.1. The second-order valence-corrected chi connectivity index (χ2v) is 7.20. The maximum atomic E-state index is 12.4. The van der Waals surface area contributed by atoms with Crippen molar-refractivity contribution in [3.05, 3.63) is 64.7 Å². The molecule has 1 N–H and O–H groups in total. The minimum Gasteiger partial charge on any atom is -0.479 e. The van der Waals surface area contributed by atoms with Crippen LogP contribution in [0.4, 0.5) is 11.4 Å². The molecule has 3 rings (SSSR count). The Hall–Kier alpha value is -2.60. The molecule has 0 aliphatic carbocycles. The Morgan fingerprint density at radius 2 is 2.08 bits per heavy atom. The largest absolute Gasteiger partial charge is 0.479 e. The second-order valence-electron chi connectivity index (χ2n) is 6.29. The Labute approximate surface area is 160 Å². The summed E-state index contributed by atoms with van der Waals surface area (Å²) in [6.07, 6.45) is -0.585. The molecule has 0 fully saturated rings. The van der Waals surface area contributed by atoms with E-state index >= 15 is 0 Å². The van der Waals surface area contributed by atoms with Crippen LogP contribution < -0.4 is 15.0 Å². The first-order valence-electron chi connectivity index (χ1n) is 8.18. The van der Waals surface area contributed by atoms with Crippen LogP contribution in [0, 0.1) is 0 Å². The highest BCUT2D eigenvalue weighted by atomic mass is 79.9. The molecule has 134 valence electrons. The van der Waals surface area contributed by atoms with Crippen molar-refractivity contribution in [2.24, 2.45) is 0 Å². The molecular formula is C20H19BrN2O3. The van der Waals surface area contributed by atoms with Crippen LogP contribution in [0.25, 0.3) is 0 Å². The molecule has 6 heteroatoms. The van der Waals surface area contributed by atoms with Gasteiger partial charge in [0.1, 0.15) is 5.75 Å². The summed E-state index contributed by atoms with van der Waals surface area (Å²) in [6, 6.07) is 12.4. The number of hydrogen-bond acceptors (Lipinski definition) is 3. The molecule has 0 spiro atoms. The predicted octanol–water partition coefficient (Wildman–Crippen LogP) is 4.39. The topological polar surface area (TPSA) is 58.6 Å². The van der Waals surface area contributed by atoms with Gasteiger partial charge in [-0.05, 0) is 44.2 Å². The zero-order valence-corrected chi connectivity index (χ0v) is 16.2. The monoisotopic (exact) mass is 414 g/mol. The number of nitrogens with zero attached hydrogens (tertiary/aromatic N) is 1. The van der Waals surface area contributed by atoms with Crippen LogP contribution in [0.15, 0.2) is 59.1 Å². The van der Waals surface area contributed by atoms with Gasteiger partial charge in [-0.1, -0.05) is 34.1 Å². The normalized spacial score (nSPS) is 15.9. The van der Waals surface area contributed by atoms with Crippen molar-refractivity contribution in [3.63, 3.8) is 0 Å². The molecule has 0 bridgehead atoms. The van der Waals surface area contributed by atoms with E-state index in [1.165, 1.54) is 0 Å². The fourth-order valence-corrected chi connectivity index (χ4v) is 3.15. The Bertz CT molecular complexity index is 894. The number of benzene rings is 2. The Morgan fingerprint density at radius 3 is 2.77 bits per heavy atom. The SMILES string of the molecule is C=C(C)CN1C(=O)C(C)Oc2cc(NC(=O)c3cccc(Br)c3)ccc21. The summed E-state index contributed by atoms with van der Waals surface area (Å²) in [4.78, 5) is 26.5. The molecule has 0 radical (unpaired) electrons. The van der Waals surface area contributed by atoms with E-state index in [1.54, 1.807) is 48.2 Å². The van der Waals surface area contributed by atoms with Crippen LogP contribution in [-0.4, -0.2) is 24.5 Å². The molecule has 26 heavy (non-hydrogen) atoms. The summed E-state index contributed by atoms with van der Waals surface area (Å²) in [5.74, 6) is 0.238. The lowest BCUT2D eigenvalue weighted by Gasteiger charge is -2.33. The number of rotatable bonds is 4. The lowest BCUT2D eigenvalue weighted by Crippen LogP contribution is -2.45. The van der Waals surface area contributed by atoms with Gasteiger partial charge in [-0.3, -0.25) is 9.59 Å². The molecule has 2 amide bonds. The molecule has 0 saturated heterocycles. The molecule has 1 atom stereocenters. The van der Waals surface area contributed by atoms with Crippen LogP contribution in [0.1, 0.15) is 24.2 Å². The summed E-state index contributed by atoms with van der Waals surface area (Å²) in [6.45, 7) is 7.90. The lowest BCUT2D eigenvalue weighted by molar-refractivity contribution is -0.125. The molecule has 0 saturated carbocycles. The average Bonchev–Trinajstić information content (AvgIpc) is 2.58. The van der Waals surface area contributed by atoms with Gasteiger partial charge in [0.05, 0.1) is 5.69 Å².